The summed E-state index contributed by atoms with van der Waals surface area (Å²) in [5.41, 5.74) is 0.559. The first-order valence-electron chi connectivity index (χ1n) is 7.07. The van der Waals surface area contributed by atoms with Gasteiger partial charge in [-0.05, 0) is 42.4 Å². The van der Waals surface area contributed by atoms with E-state index in [-0.39, 0.29) is 0 Å². The largest absolute Gasteiger partial charge is 0.0599 e. The first-order valence-corrected chi connectivity index (χ1v) is 7.07. The van der Waals surface area contributed by atoms with Gasteiger partial charge < -0.3 is 0 Å². The zero-order chi connectivity index (χ0) is 10.9. The van der Waals surface area contributed by atoms with Gasteiger partial charge in [-0.1, -0.05) is 52.9 Å². The molecule has 2 aliphatic rings. The molecule has 2 saturated carbocycles. The Balaban J connectivity index is 1.86. The van der Waals surface area contributed by atoms with E-state index in [4.69, 9.17) is 0 Å². The molecule has 2 rings (SSSR count). The van der Waals surface area contributed by atoms with Crippen molar-refractivity contribution in [1.29, 1.82) is 0 Å². The maximum Gasteiger partial charge on any atom is -0.0354 e. The first-order chi connectivity index (χ1) is 7.07. The highest BCUT2D eigenvalue weighted by Gasteiger charge is 2.36. The second kappa shape index (κ2) is 4.47. The fraction of sp³-hybridized carbons (Fsp3) is 1.00. The quantitative estimate of drug-likeness (QED) is 0.567. The van der Waals surface area contributed by atoms with Crippen LogP contribution in [0.15, 0.2) is 0 Å². The number of hydrogen-bond donors (Lipinski definition) is 0. The van der Waals surface area contributed by atoms with Crippen LogP contribution in [0.1, 0.15) is 72.1 Å². The Labute approximate surface area is 95.8 Å². The summed E-state index contributed by atoms with van der Waals surface area (Å²) in [5.74, 6) is 3.20. The van der Waals surface area contributed by atoms with Gasteiger partial charge in [0.05, 0.1) is 0 Å². The molecular weight excluding hydrogens is 180 g/mol. The van der Waals surface area contributed by atoms with Crippen molar-refractivity contribution in [3.63, 3.8) is 0 Å². The van der Waals surface area contributed by atoms with Crippen molar-refractivity contribution in [3.05, 3.63) is 0 Å². The minimum atomic E-state index is 0.559. The summed E-state index contributed by atoms with van der Waals surface area (Å²) in [5, 5.41) is 0. The standard InChI is InChI=1S/C15H28/c1-15(2,3)14-10-9-13(11-14)12-7-5-4-6-8-12/h12-14H,4-11H2,1-3H3. The minimum Gasteiger partial charge on any atom is -0.0599 e. The molecular formula is C15H28. The van der Waals surface area contributed by atoms with Crippen molar-refractivity contribution in [2.75, 3.05) is 0 Å². The molecule has 2 unspecified atom stereocenters. The molecule has 0 amide bonds. The van der Waals surface area contributed by atoms with Crippen LogP contribution in [-0.2, 0) is 0 Å². The topological polar surface area (TPSA) is 0 Å². The summed E-state index contributed by atoms with van der Waals surface area (Å²) in [6, 6.07) is 0. The van der Waals surface area contributed by atoms with E-state index in [2.05, 4.69) is 20.8 Å². The average molecular weight is 208 g/mol. The molecule has 0 N–H and O–H groups in total. The summed E-state index contributed by atoms with van der Waals surface area (Å²) < 4.78 is 0. The van der Waals surface area contributed by atoms with Crippen LogP contribution in [0.2, 0.25) is 0 Å². The van der Waals surface area contributed by atoms with E-state index in [1.54, 1.807) is 12.8 Å². The van der Waals surface area contributed by atoms with Crippen LogP contribution in [0.3, 0.4) is 0 Å². The molecule has 0 heteroatoms. The highest BCUT2D eigenvalue weighted by atomic mass is 14.4. The monoisotopic (exact) mass is 208 g/mol. The van der Waals surface area contributed by atoms with Gasteiger partial charge in [-0.25, -0.2) is 0 Å². The van der Waals surface area contributed by atoms with Gasteiger partial charge in [0.2, 0.25) is 0 Å². The zero-order valence-corrected chi connectivity index (χ0v) is 10.9. The van der Waals surface area contributed by atoms with Crippen LogP contribution in [0, 0.1) is 23.2 Å². The number of rotatable bonds is 1. The van der Waals surface area contributed by atoms with Gasteiger partial charge in [0, 0.05) is 0 Å². The SMILES string of the molecule is CC(C)(C)C1CCC(C2CCCCC2)C1. The minimum absolute atomic E-state index is 0.559. The van der Waals surface area contributed by atoms with Crippen LogP contribution in [0.25, 0.3) is 0 Å². The third-order valence-corrected chi connectivity index (χ3v) is 5.01. The molecule has 15 heavy (non-hydrogen) atoms. The molecule has 2 fully saturated rings. The first kappa shape index (κ1) is 11.5. The van der Waals surface area contributed by atoms with E-state index in [0.29, 0.717) is 5.41 Å². The lowest BCUT2D eigenvalue weighted by Gasteiger charge is -2.30. The molecule has 0 aliphatic heterocycles. The Morgan fingerprint density at radius 3 is 1.93 bits per heavy atom. The Morgan fingerprint density at radius 1 is 0.733 bits per heavy atom. The molecule has 0 aromatic carbocycles. The van der Waals surface area contributed by atoms with Crippen molar-refractivity contribution in [2.24, 2.45) is 23.2 Å². The molecule has 0 aromatic rings. The van der Waals surface area contributed by atoms with Gasteiger partial charge in [0.15, 0.2) is 0 Å². The zero-order valence-electron chi connectivity index (χ0n) is 10.9. The van der Waals surface area contributed by atoms with E-state index in [1.165, 1.54) is 38.5 Å². The fourth-order valence-corrected chi connectivity index (χ4v) is 3.84. The van der Waals surface area contributed by atoms with Crippen molar-refractivity contribution in [2.45, 2.75) is 72.1 Å². The van der Waals surface area contributed by atoms with Gasteiger partial charge in [-0.3, -0.25) is 0 Å². The molecule has 0 nitrogen and oxygen atoms in total. The van der Waals surface area contributed by atoms with Gasteiger partial charge in [0.1, 0.15) is 0 Å². The predicted molar refractivity (Wildman–Crippen MR) is 66.9 cm³/mol. The average Bonchev–Trinajstić information content (AvgIpc) is 2.67. The molecule has 2 atom stereocenters. The van der Waals surface area contributed by atoms with E-state index in [0.717, 1.165) is 17.8 Å². The Bertz CT molecular complexity index is 193. The lowest BCUT2D eigenvalue weighted by Crippen LogP contribution is -2.20. The molecule has 0 saturated heterocycles. The predicted octanol–water partition coefficient (Wildman–Crippen LogP) is 5.03. The van der Waals surface area contributed by atoms with Gasteiger partial charge >= 0.3 is 0 Å². The van der Waals surface area contributed by atoms with Crippen molar-refractivity contribution in [1.82, 2.24) is 0 Å². The second-order valence-corrected chi connectivity index (χ2v) is 7.03. The second-order valence-electron chi connectivity index (χ2n) is 7.03. The molecule has 0 bridgehead atoms. The Hall–Kier alpha value is 0. The third kappa shape index (κ3) is 2.77. The third-order valence-electron chi connectivity index (χ3n) is 5.01. The summed E-state index contributed by atoms with van der Waals surface area (Å²) in [4.78, 5) is 0. The molecule has 0 heterocycles. The highest BCUT2D eigenvalue weighted by molar-refractivity contribution is 4.87. The van der Waals surface area contributed by atoms with E-state index < -0.39 is 0 Å². The van der Waals surface area contributed by atoms with Crippen LogP contribution < -0.4 is 0 Å². The number of hydrogen-bond acceptors (Lipinski definition) is 0. The molecule has 88 valence electrons. The maximum absolute atomic E-state index is 2.43. The van der Waals surface area contributed by atoms with Gasteiger partial charge in [-0.15, -0.1) is 0 Å². The lowest BCUT2D eigenvalue weighted by molar-refractivity contribution is 0.206. The summed E-state index contributed by atoms with van der Waals surface area (Å²) in [6.07, 6.45) is 12.2. The van der Waals surface area contributed by atoms with Crippen molar-refractivity contribution >= 4 is 0 Å². The van der Waals surface area contributed by atoms with Crippen LogP contribution in [0.4, 0.5) is 0 Å². The van der Waals surface area contributed by atoms with Crippen LogP contribution in [-0.4, -0.2) is 0 Å². The van der Waals surface area contributed by atoms with E-state index in [9.17, 15) is 0 Å². The molecule has 0 spiro atoms. The molecule has 2 aliphatic carbocycles. The maximum atomic E-state index is 2.43. The Kier molecular flexibility index (Phi) is 3.42. The van der Waals surface area contributed by atoms with E-state index in [1.807, 2.05) is 0 Å². The van der Waals surface area contributed by atoms with Crippen LogP contribution in [0.5, 0.6) is 0 Å². The summed E-state index contributed by atoms with van der Waals surface area (Å²) >= 11 is 0. The van der Waals surface area contributed by atoms with Gasteiger partial charge in [-0.2, -0.15) is 0 Å². The Morgan fingerprint density at radius 2 is 1.40 bits per heavy atom. The van der Waals surface area contributed by atoms with E-state index >= 15 is 0 Å². The van der Waals surface area contributed by atoms with Crippen molar-refractivity contribution in [3.8, 4) is 0 Å². The summed E-state index contributed by atoms with van der Waals surface area (Å²) in [6.45, 7) is 7.29. The van der Waals surface area contributed by atoms with Crippen LogP contribution >= 0.6 is 0 Å². The summed E-state index contributed by atoms with van der Waals surface area (Å²) in [7, 11) is 0. The van der Waals surface area contributed by atoms with Gasteiger partial charge in [0.25, 0.3) is 0 Å². The lowest BCUT2D eigenvalue weighted by atomic mass is 9.75. The normalized spacial score (nSPS) is 34.6. The molecule has 0 aromatic heterocycles. The smallest absolute Gasteiger partial charge is 0.0354 e. The fourth-order valence-electron chi connectivity index (χ4n) is 3.84. The molecule has 0 radical (unpaired) electrons. The van der Waals surface area contributed by atoms with Crippen molar-refractivity contribution < 1.29 is 0 Å². The highest BCUT2D eigenvalue weighted by Crippen LogP contribution is 2.47.